The zero-order valence-electron chi connectivity index (χ0n) is 51.3. The van der Waals surface area contributed by atoms with Crippen LogP contribution in [-0.4, -0.2) is 37.2 Å². The summed E-state index contributed by atoms with van der Waals surface area (Å²) in [6, 6.07) is 0. The summed E-state index contributed by atoms with van der Waals surface area (Å²) in [5.74, 6) is -1.00. The number of ether oxygens (including phenoxy) is 3. The van der Waals surface area contributed by atoms with Crippen LogP contribution in [0.15, 0.2) is 170 Å². The maximum atomic E-state index is 12.9. The number of carbonyl (C=O) groups excluding carboxylic acids is 3. The van der Waals surface area contributed by atoms with Gasteiger partial charge in [-0.2, -0.15) is 0 Å². The van der Waals surface area contributed by atoms with Gasteiger partial charge >= 0.3 is 17.9 Å². The molecule has 0 aromatic heterocycles. The van der Waals surface area contributed by atoms with Gasteiger partial charge in [-0.15, -0.1) is 0 Å². The fourth-order valence-electron chi connectivity index (χ4n) is 8.18. The third-order valence-electron chi connectivity index (χ3n) is 12.9. The fourth-order valence-corrected chi connectivity index (χ4v) is 8.18. The number of hydrogen-bond donors (Lipinski definition) is 0. The second-order valence-corrected chi connectivity index (χ2v) is 20.5. The molecule has 6 nitrogen and oxygen atoms in total. The van der Waals surface area contributed by atoms with Gasteiger partial charge in [-0.1, -0.05) is 268 Å². The van der Waals surface area contributed by atoms with Crippen LogP contribution in [0.5, 0.6) is 0 Å². The summed E-state index contributed by atoms with van der Waals surface area (Å²) < 4.78 is 16.9. The highest BCUT2D eigenvalue weighted by atomic mass is 16.6. The highest BCUT2D eigenvalue weighted by Gasteiger charge is 2.19. The van der Waals surface area contributed by atoms with E-state index in [9.17, 15) is 14.4 Å². The van der Waals surface area contributed by atoms with E-state index < -0.39 is 6.10 Å². The van der Waals surface area contributed by atoms with Crippen LogP contribution in [0, 0.1) is 0 Å². The van der Waals surface area contributed by atoms with Crippen LogP contribution in [0.3, 0.4) is 0 Å². The molecular weight excluding hydrogens is 985 g/mol. The summed E-state index contributed by atoms with van der Waals surface area (Å²) in [5, 5.41) is 0. The van der Waals surface area contributed by atoms with Crippen molar-refractivity contribution in [2.24, 2.45) is 0 Å². The molecule has 0 bridgehead atoms. The molecule has 0 spiro atoms. The molecule has 0 radical (unpaired) electrons. The molecule has 0 aliphatic heterocycles. The molecule has 0 saturated heterocycles. The van der Waals surface area contributed by atoms with Crippen LogP contribution in [0.25, 0.3) is 0 Å². The lowest BCUT2D eigenvalue weighted by molar-refractivity contribution is -0.167. The van der Waals surface area contributed by atoms with Crippen molar-refractivity contribution >= 4 is 17.9 Å². The van der Waals surface area contributed by atoms with E-state index in [4.69, 9.17) is 14.2 Å². The van der Waals surface area contributed by atoms with E-state index in [1.165, 1.54) is 57.8 Å². The highest BCUT2D eigenvalue weighted by Crippen LogP contribution is 2.14. The predicted molar refractivity (Wildman–Crippen MR) is 348 cm³/mol. The molecule has 0 amide bonds. The Bertz CT molecular complexity index is 1840. The van der Waals surface area contributed by atoms with Crippen molar-refractivity contribution in [2.45, 2.75) is 264 Å². The van der Waals surface area contributed by atoms with Gasteiger partial charge in [0.05, 0.1) is 0 Å². The number of esters is 3. The molecule has 80 heavy (non-hydrogen) atoms. The van der Waals surface area contributed by atoms with Crippen LogP contribution in [-0.2, 0) is 28.6 Å². The van der Waals surface area contributed by atoms with E-state index in [1.54, 1.807) is 0 Å². The fraction of sp³-hybridized carbons (Fsp3) is 0.581. The highest BCUT2D eigenvalue weighted by molar-refractivity contribution is 5.71. The minimum atomic E-state index is -0.828. The van der Waals surface area contributed by atoms with Crippen molar-refractivity contribution in [1.82, 2.24) is 0 Å². The lowest BCUT2D eigenvalue weighted by atomic mass is 10.1. The van der Waals surface area contributed by atoms with E-state index in [-0.39, 0.29) is 37.5 Å². The van der Waals surface area contributed by atoms with E-state index in [2.05, 4.69) is 191 Å². The van der Waals surface area contributed by atoms with Crippen LogP contribution < -0.4 is 0 Å². The second-order valence-electron chi connectivity index (χ2n) is 20.5. The smallest absolute Gasteiger partial charge is 0.306 e. The lowest BCUT2D eigenvalue weighted by Gasteiger charge is -2.18. The minimum Gasteiger partial charge on any atom is -0.462 e. The number of rotatable bonds is 56. The van der Waals surface area contributed by atoms with Gasteiger partial charge in [-0.05, 0) is 141 Å². The Balaban J connectivity index is 4.50. The topological polar surface area (TPSA) is 78.9 Å². The molecule has 0 aromatic rings. The normalized spacial score (nSPS) is 13.3. The quantitative estimate of drug-likeness (QED) is 0.0261. The average Bonchev–Trinajstić information content (AvgIpc) is 3.46. The first-order valence-corrected chi connectivity index (χ1v) is 32.1. The van der Waals surface area contributed by atoms with Gasteiger partial charge in [0.25, 0.3) is 0 Å². The van der Waals surface area contributed by atoms with Gasteiger partial charge in [0.15, 0.2) is 6.10 Å². The molecule has 1 atom stereocenters. The number of allylic oxidation sites excluding steroid dienone is 28. The van der Waals surface area contributed by atoms with E-state index in [0.29, 0.717) is 19.3 Å². The van der Waals surface area contributed by atoms with Gasteiger partial charge in [0, 0.05) is 19.3 Å². The molecule has 448 valence electrons. The Morgan fingerprint density at radius 3 is 0.800 bits per heavy atom. The maximum absolute atomic E-state index is 12.9. The van der Waals surface area contributed by atoms with Gasteiger partial charge in [-0.3, -0.25) is 14.4 Å². The van der Waals surface area contributed by atoms with Gasteiger partial charge in [0.2, 0.25) is 0 Å². The molecule has 0 heterocycles. The Kier molecular flexibility index (Phi) is 61.9. The number of carbonyl (C=O) groups is 3. The number of unbranched alkanes of at least 4 members (excludes halogenated alkanes) is 17. The zero-order valence-corrected chi connectivity index (χ0v) is 51.3. The van der Waals surface area contributed by atoms with Crippen molar-refractivity contribution in [1.29, 1.82) is 0 Å². The predicted octanol–water partition coefficient (Wildman–Crippen LogP) is 22.3. The summed E-state index contributed by atoms with van der Waals surface area (Å²) in [7, 11) is 0. The average molecular weight is 1100 g/mol. The summed E-state index contributed by atoms with van der Waals surface area (Å²) in [4.78, 5) is 38.3. The van der Waals surface area contributed by atoms with Crippen LogP contribution in [0.1, 0.15) is 258 Å². The second kappa shape index (κ2) is 66.3. The van der Waals surface area contributed by atoms with Gasteiger partial charge < -0.3 is 14.2 Å². The first-order chi connectivity index (χ1) is 39.5. The minimum absolute atomic E-state index is 0.117. The summed E-state index contributed by atoms with van der Waals surface area (Å²) in [5.41, 5.74) is 0. The standard InChI is InChI=1S/C74H116O6/c1-4-7-10-13-16-19-22-25-28-30-32-34-36-37-39-40-42-44-46-49-52-55-58-61-64-67-73(76)79-70-71(69-78-72(75)66-63-60-57-54-51-48-27-24-21-18-15-12-9-6-3)80-74(77)68-65-62-59-56-53-50-47-45-43-41-38-35-33-31-29-26-23-20-17-14-11-8-5-2/h7-8,10-11,15-20,24-29,32-35,37,39,41,43,47,50,56,59,71H,4-6,9,12-14,21-23,30-31,36,38,40,42,44-46,48-49,51-55,57-58,60-70H2,1-3H3/b10-7-,11-8-,18-15-,19-16-,20-17-,27-24-,28-25-,29-26-,34-32-,35-33-,39-37-,43-41-,50-47-,59-56-. The van der Waals surface area contributed by atoms with Crippen molar-refractivity contribution < 1.29 is 28.6 Å². The van der Waals surface area contributed by atoms with Crippen LogP contribution >= 0.6 is 0 Å². The maximum Gasteiger partial charge on any atom is 0.306 e. The van der Waals surface area contributed by atoms with Gasteiger partial charge in [-0.25, -0.2) is 0 Å². The Hall–Kier alpha value is -5.23. The Labute approximate surface area is 492 Å². The summed E-state index contributed by atoms with van der Waals surface area (Å²) in [6.07, 6.45) is 97.9. The first kappa shape index (κ1) is 74.8. The molecule has 0 saturated carbocycles. The van der Waals surface area contributed by atoms with Crippen molar-refractivity contribution in [3.05, 3.63) is 170 Å². The third kappa shape index (κ3) is 63.6. The monoisotopic (exact) mass is 1100 g/mol. The Morgan fingerprint density at radius 1 is 0.263 bits per heavy atom. The molecule has 0 aliphatic rings. The molecule has 0 N–H and O–H groups in total. The summed E-state index contributed by atoms with van der Waals surface area (Å²) >= 11 is 0. The molecule has 1 unspecified atom stereocenters. The van der Waals surface area contributed by atoms with Crippen LogP contribution in [0.2, 0.25) is 0 Å². The SMILES string of the molecule is CC/C=C\C/C=C\C/C=C\C/C=C\C/C=C\C/C=C\C/C=C\CCCC(=O)OC(COC(=O)CCCCCCC/C=C\C/C=C\CCCC)COC(=O)CCCCCCCCCCC/C=C\C/C=C\C/C=C\C/C=C\C/C=C\CC. The third-order valence-corrected chi connectivity index (χ3v) is 12.9. The molecular formula is C74H116O6. The summed E-state index contributed by atoms with van der Waals surface area (Å²) in [6.45, 7) is 6.30. The van der Waals surface area contributed by atoms with E-state index >= 15 is 0 Å². The molecule has 0 aromatic carbocycles. The largest absolute Gasteiger partial charge is 0.462 e. The molecule has 0 aliphatic carbocycles. The van der Waals surface area contributed by atoms with Crippen LogP contribution in [0.4, 0.5) is 0 Å². The lowest BCUT2D eigenvalue weighted by Crippen LogP contribution is -2.30. The van der Waals surface area contributed by atoms with Gasteiger partial charge in [0.1, 0.15) is 13.2 Å². The zero-order chi connectivity index (χ0) is 57.8. The van der Waals surface area contributed by atoms with E-state index in [1.807, 2.05) is 0 Å². The number of hydrogen-bond acceptors (Lipinski definition) is 6. The van der Waals surface area contributed by atoms with Crippen molar-refractivity contribution in [3.8, 4) is 0 Å². The molecule has 6 heteroatoms. The Morgan fingerprint density at radius 2 is 0.500 bits per heavy atom. The van der Waals surface area contributed by atoms with E-state index in [0.717, 1.165) is 154 Å². The first-order valence-electron chi connectivity index (χ1n) is 32.1. The molecule has 0 fully saturated rings. The molecule has 0 rings (SSSR count). The van der Waals surface area contributed by atoms with Crippen molar-refractivity contribution in [2.75, 3.05) is 13.2 Å². The van der Waals surface area contributed by atoms with Crippen molar-refractivity contribution in [3.63, 3.8) is 0 Å².